The van der Waals surface area contributed by atoms with E-state index in [2.05, 4.69) is 10.2 Å². The number of sulfonamides is 1. The van der Waals surface area contributed by atoms with Gasteiger partial charge in [0.25, 0.3) is 0 Å². The first-order valence-electron chi connectivity index (χ1n) is 8.07. The summed E-state index contributed by atoms with van der Waals surface area (Å²) in [6, 6.07) is 7.48. The van der Waals surface area contributed by atoms with Gasteiger partial charge in [0.15, 0.2) is 0 Å². The van der Waals surface area contributed by atoms with Gasteiger partial charge in [-0.3, -0.25) is 4.79 Å². The molecule has 140 valence electrons. The van der Waals surface area contributed by atoms with Crippen molar-refractivity contribution in [1.82, 2.24) is 4.31 Å². The molecule has 0 atom stereocenters. The first-order chi connectivity index (χ1) is 11.9. The summed E-state index contributed by atoms with van der Waals surface area (Å²) < 4.78 is 35.0. The third kappa shape index (κ3) is 5.96. The Labute approximate surface area is 148 Å². The number of carbonyl (C=O) groups is 1. The van der Waals surface area contributed by atoms with Crippen LogP contribution < -0.4 is 10.2 Å². The number of carbonyl (C=O) groups excluding carboxylic acids is 1. The van der Waals surface area contributed by atoms with E-state index in [-0.39, 0.29) is 25.6 Å². The summed E-state index contributed by atoms with van der Waals surface area (Å²) in [5, 5.41) is 2.82. The fourth-order valence-electron chi connectivity index (χ4n) is 2.56. The normalized spacial score (nSPS) is 15.4. The molecule has 0 spiro atoms. The van der Waals surface area contributed by atoms with Crippen LogP contribution in [0.2, 0.25) is 0 Å². The lowest BCUT2D eigenvalue weighted by molar-refractivity contribution is -0.116. The molecule has 0 unspecified atom stereocenters. The van der Waals surface area contributed by atoms with Gasteiger partial charge in [-0.15, -0.1) is 0 Å². The van der Waals surface area contributed by atoms with Gasteiger partial charge >= 0.3 is 0 Å². The number of methoxy groups -OCH3 is 1. The molecule has 2 rings (SSSR count). The fraction of sp³-hybridized carbons (Fsp3) is 0.562. The Morgan fingerprint density at radius 2 is 2.00 bits per heavy atom. The molecule has 0 aromatic heterocycles. The Balaban J connectivity index is 2.06. The van der Waals surface area contributed by atoms with Crippen molar-refractivity contribution in [2.45, 2.75) is 0 Å². The molecular formula is C16H25N3O5S. The van der Waals surface area contributed by atoms with Crippen LogP contribution in [0.4, 0.5) is 11.4 Å². The van der Waals surface area contributed by atoms with Gasteiger partial charge < -0.3 is 19.7 Å². The highest BCUT2D eigenvalue weighted by Gasteiger charge is 2.21. The Morgan fingerprint density at radius 3 is 2.64 bits per heavy atom. The minimum absolute atomic E-state index is 0.133. The zero-order chi connectivity index (χ0) is 18.3. The van der Waals surface area contributed by atoms with Crippen LogP contribution in [0.15, 0.2) is 24.3 Å². The van der Waals surface area contributed by atoms with Crippen molar-refractivity contribution < 1.29 is 22.7 Å². The van der Waals surface area contributed by atoms with E-state index in [0.717, 1.165) is 29.3 Å². The first kappa shape index (κ1) is 19.6. The van der Waals surface area contributed by atoms with E-state index in [1.165, 1.54) is 7.11 Å². The van der Waals surface area contributed by atoms with Crippen molar-refractivity contribution in [1.29, 1.82) is 0 Å². The number of hydrogen-bond acceptors (Lipinski definition) is 6. The van der Waals surface area contributed by atoms with E-state index in [9.17, 15) is 13.2 Å². The van der Waals surface area contributed by atoms with Crippen molar-refractivity contribution in [3.8, 4) is 0 Å². The number of nitrogens with one attached hydrogen (secondary N) is 1. The number of ether oxygens (including phenoxy) is 2. The Kier molecular flexibility index (Phi) is 7.18. The smallest absolute Gasteiger partial charge is 0.239 e. The van der Waals surface area contributed by atoms with Gasteiger partial charge in [0.2, 0.25) is 15.9 Å². The molecule has 0 saturated carbocycles. The van der Waals surface area contributed by atoms with Crippen molar-refractivity contribution in [2.24, 2.45) is 0 Å². The van der Waals surface area contributed by atoms with Gasteiger partial charge in [0.05, 0.1) is 44.0 Å². The molecule has 0 radical (unpaired) electrons. The summed E-state index contributed by atoms with van der Waals surface area (Å²) in [5.74, 6) is -0.387. The highest BCUT2D eigenvalue weighted by molar-refractivity contribution is 7.88. The lowest BCUT2D eigenvalue weighted by atomic mass is 10.2. The third-order valence-electron chi connectivity index (χ3n) is 3.86. The number of anilines is 2. The molecule has 1 aliphatic rings. The molecule has 1 heterocycles. The molecule has 1 aliphatic heterocycles. The summed E-state index contributed by atoms with van der Waals surface area (Å²) >= 11 is 0. The summed E-state index contributed by atoms with van der Waals surface area (Å²) in [4.78, 5) is 14.5. The second kappa shape index (κ2) is 9.14. The molecule has 0 aliphatic carbocycles. The molecule has 0 bridgehead atoms. The molecule has 8 nitrogen and oxygen atoms in total. The zero-order valence-corrected chi connectivity index (χ0v) is 15.4. The van der Waals surface area contributed by atoms with Crippen LogP contribution in [-0.2, 0) is 24.3 Å². The lowest BCUT2D eigenvalue weighted by Crippen LogP contribution is -2.40. The van der Waals surface area contributed by atoms with Crippen LogP contribution in [0.1, 0.15) is 0 Å². The highest BCUT2D eigenvalue weighted by atomic mass is 32.2. The first-order valence-corrected chi connectivity index (χ1v) is 9.92. The third-order valence-corrected chi connectivity index (χ3v) is 5.11. The van der Waals surface area contributed by atoms with Gasteiger partial charge in [0.1, 0.15) is 0 Å². The van der Waals surface area contributed by atoms with Crippen molar-refractivity contribution in [3.05, 3.63) is 24.3 Å². The summed E-state index contributed by atoms with van der Waals surface area (Å²) in [6.07, 6.45) is 1.08. The predicted octanol–water partition coefficient (Wildman–Crippen LogP) is 0.370. The SMILES string of the molecule is COCCN(CC(=O)Nc1ccccc1N1CCOCC1)S(C)(=O)=O. The Hall–Kier alpha value is -1.68. The molecule has 25 heavy (non-hydrogen) atoms. The highest BCUT2D eigenvalue weighted by Crippen LogP contribution is 2.26. The number of amides is 1. The molecule has 1 N–H and O–H groups in total. The number of rotatable bonds is 8. The van der Waals surface area contributed by atoms with Crippen LogP contribution in [0.3, 0.4) is 0 Å². The van der Waals surface area contributed by atoms with Crippen molar-refractivity contribution >= 4 is 27.3 Å². The van der Waals surface area contributed by atoms with Crippen molar-refractivity contribution in [3.63, 3.8) is 0 Å². The number of para-hydroxylation sites is 2. The van der Waals surface area contributed by atoms with Crippen molar-refractivity contribution in [2.75, 3.05) is 69.6 Å². The van der Waals surface area contributed by atoms with Gasteiger partial charge in [0, 0.05) is 26.7 Å². The quantitative estimate of drug-likeness (QED) is 0.710. The molecular weight excluding hydrogens is 346 g/mol. The van der Waals surface area contributed by atoms with E-state index in [1.807, 2.05) is 24.3 Å². The lowest BCUT2D eigenvalue weighted by Gasteiger charge is -2.30. The maximum Gasteiger partial charge on any atom is 0.239 e. The van der Waals surface area contributed by atoms with Crippen LogP contribution >= 0.6 is 0 Å². The standard InChI is InChI=1S/C16H25N3O5S/c1-23-10-9-19(25(2,21)22)13-16(20)17-14-5-3-4-6-15(14)18-7-11-24-12-8-18/h3-6H,7-13H2,1-2H3,(H,17,20). The number of morpholine rings is 1. The van der Waals surface area contributed by atoms with Gasteiger partial charge in [-0.2, -0.15) is 4.31 Å². The monoisotopic (exact) mass is 371 g/mol. The number of benzene rings is 1. The minimum atomic E-state index is -3.49. The van der Waals surface area contributed by atoms with E-state index >= 15 is 0 Å². The van der Waals surface area contributed by atoms with E-state index < -0.39 is 10.0 Å². The minimum Gasteiger partial charge on any atom is -0.383 e. The van der Waals surface area contributed by atoms with Crippen LogP contribution in [0.5, 0.6) is 0 Å². The molecule has 1 amide bonds. The Bertz CT molecular complexity index is 674. The summed E-state index contributed by atoms with van der Waals surface area (Å²) in [6.45, 7) is 2.88. The Morgan fingerprint density at radius 1 is 1.32 bits per heavy atom. The topological polar surface area (TPSA) is 88.2 Å². The van der Waals surface area contributed by atoms with Crippen LogP contribution in [0, 0.1) is 0 Å². The number of hydrogen-bond donors (Lipinski definition) is 1. The van der Waals surface area contributed by atoms with Gasteiger partial charge in [-0.05, 0) is 12.1 Å². The summed E-state index contributed by atoms with van der Waals surface area (Å²) in [5.41, 5.74) is 1.57. The summed E-state index contributed by atoms with van der Waals surface area (Å²) in [7, 11) is -2.00. The molecule has 9 heteroatoms. The average molecular weight is 371 g/mol. The van der Waals surface area contributed by atoms with E-state index in [1.54, 1.807) is 0 Å². The molecule has 1 aromatic rings. The average Bonchev–Trinajstić information content (AvgIpc) is 2.59. The predicted molar refractivity (Wildman–Crippen MR) is 96.4 cm³/mol. The second-order valence-corrected chi connectivity index (χ2v) is 7.74. The largest absolute Gasteiger partial charge is 0.383 e. The van der Waals surface area contributed by atoms with E-state index in [4.69, 9.17) is 9.47 Å². The molecule has 1 aromatic carbocycles. The van der Waals surface area contributed by atoms with Gasteiger partial charge in [-0.25, -0.2) is 8.42 Å². The molecule has 1 saturated heterocycles. The van der Waals surface area contributed by atoms with E-state index in [0.29, 0.717) is 18.9 Å². The second-order valence-electron chi connectivity index (χ2n) is 5.75. The van der Waals surface area contributed by atoms with Crippen LogP contribution in [-0.4, -0.2) is 78.0 Å². The maximum atomic E-state index is 12.4. The fourth-order valence-corrected chi connectivity index (χ4v) is 3.32. The zero-order valence-electron chi connectivity index (χ0n) is 14.6. The number of nitrogens with zero attached hydrogens (tertiary/aromatic N) is 2. The maximum absolute atomic E-state index is 12.4. The van der Waals surface area contributed by atoms with Gasteiger partial charge in [-0.1, -0.05) is 12.1 Å². The van der Waals surface area contributed by atoms with Crippen LogP contribution in [0.25, 0.3) is 0 Å². The molecule has 1 fully saturated rings.